The number of alkyl halides is 2. The third-order valence-corrected chi connectivity index (χ3v) is 1.91. The first-order chi connectivity index (χ1) is 6.91. The van der Waals surface area contributed by atoms with Crippen molar-refractivity contribution in [1.29, 1.82) is 0 Å². The molecule has 1 aromatic rings. The Bertz CT molecular complexity index is 398. The van der Waals surface area contributed by atoms with E-state index in [-0.39, 0.29) is 5.56 Å². The molecule has 0 spiro atoms. The Labute approximate surface area is 87.5 Å². The Balaban J connectivity index is 3.26. The number of nitrogens with zero attached hydrogens (tertiary/aromatic N) is 1. The van der Waals surface area contributed by atoms with E-state index in [9.17, 15) is 18.0 Å². The van der Waals surface area contributed by atoms with Crippen LogP contribution in [0.3, 0.4) is 0 Å². The highest BCUT2D eigenvalue weighted by Gasteiger charge is 2.21. The molecule has 1 heterocycles. The topological polar surface area (TPSA) is 50.2 Å². The van der Waals surface area contributed by atoms with Crippen LogP contribution < -0.4 is 0 Å². The van der Waals surface area contributed by atoms with E-state index >= 15 is 0 Å². The number of carboxylic acid groups (broad SMARTS) is 1. The normalized spacial score (nSPS) is 10.7. The van der Waals surface area contributed by atoms with Crippen LogP contribution in [0.4, 0.5) is 13.2 Å². The van der Waals surface area contributed by atoms with Gasteiger partial charge in [0.25, 0.3) is 6.43 Å². The van der Waals surface area contributed by atoms with Crippen molar-refractivity contribution in [1.82, 2.24) is 4.98 Å². The van der Waals surface area contributed by atoms with Crippen molar-refractivity contribution >= 4 is 17.6 Å². The Morgan fingerprint density at radius 2 is 2.20 bits per heavy atom. The molecule has 1 rings (SSSR count). The molecule has 0 saturated heterocycles. The molecule has 7 heteroatoms. The van der Waals surface area contributed by atoms with Gasteiger partial charge in [-0.05, 0) is 11.6 Å². The van der Waals surface area contributed by atoms with Crippen molar-refractivity contribution in [2.24, 2.45) is 0 Å². The van der Waals surface area contributed by atoms with Crippen LogP contribution in [-0.4, -0.2) is 16.1 Å². The molecule has 0 aromatic carbocycles. The molecule has 0 aliphatic heterocycles. The van der Waals surface area contributed by atoms with Crippen molar-refractivity contribution < 1.29 is 23.1 Å². The summed E-state index contributed by atoms with van der Waals surface area (Å²) in [4.78, 5) is 13.3. The summed E-state index contributed by atoms with van der Waals surface area (Å²) < 4.78 is 37.5. The van der Waals surface area contributed by atoms with Crippen molar-refractivity contribution in [3.05, 3.63) is 28.3 Å². The third-order valence-electron chi connectivity index (χ3n) is 1.63. The molecular weight excluding hydrogens is 235 g/mol. The quantitative estimate of drug-likeness (QED) is 0.824. The van der Waals surface area contributed by atoms with Crippen molar-refractivity contribution in [3.8, 4) is 0 Å². The molecule has 0 radical (unpaired) electrons. The second-order valence-electron chi connectivity index (χ2n) is 2.68. The van der Waals surface area contributed by atoms with Gasteiger partial charge in [-0.3, -0.25) is 4.79 Å². The highest BCUT2D eigenvalue weighted by molar-refractivity contribution is 6.30. The number of carbonyl (C=O) groups is 1. The van der Waals surface area contributed by atoms with Crippen LogP contribution in [-0.2, 0) is 11.2 Å². The van der Waals surface area contributed by atoms with E-state index in [0.29, 0.717) is 6.07 Å². The molecule has 0 fully saturated rings. The molecule has 3 nitrogen and oxygen atoms in total. The number of hydrogen-bond donors (Lipinski definition) is 1. The lowest BCUT2D eigenvalue weighted by Crippen LogP contribution is -2.06. The molecule has 0 atom stereocenters. The third kappa shape index (κ3) is 2.82. The summed E-state index contributed by atoms with van der Waals surface area (Å²) in [6.45, 7) is 0. The Morgan fingerprint density at radius 1 is 1.60 bits per heavy atom. The zero-order valence-corrected chi connectivity index (χ0v) is 7.93. The van der Waals surface area contributed by atoms with Gasteiger partial charge in [-0.1, -0.05) is 11.6 Å². The summed E-state index contributed by atoms with van der Waals surface area (Å²) >= 11 is 5.29. The fourth-order valence-corrected chi connectivity index (χ4v) is 1.36. The number of pyridine rings is 1. The monoisotopic (exact) mass is 239 g/mol. The predicted molar refractivity (Wildman–Crippen MR) is 45.5 cm³/mol. The summed E-state index contributed by atoms with van der Waals surface area (Å²) in [5, 5.41) is 7.72. The highest BCUT2D eigenvalue weighted by atomic mass is 35.5. The number of halogens is 4. The summed E-state index contributed by atoms with van der Waals surface area (Å²) in [7, 11) is 0. The zero-order valence-electron chi connectivity index (χ0n) is 7.18. The molecule has 0 aliphatic rings. The molecule has 1 N–H and O–H groups in total. The van der Waals surface area contributed by atoms with Gasteiger partial charge in [0, 0.05) is 0 Å². The molecule has 0 aliphatic carbocycles. The van der Waals surface area contributed by atoms with E-state index in [4.69, 9.17) is 16.7 Å². The molecule has 15 heavy (non-hydrogen) atoms. The van der Waals surface area contributed by atoms with Crippen LogP contribution >= 0.6 is 11.6 Å². The van der Waals surface area contributed by atoms with Gasteiger partial charge in [0.05, 0.1) is 12.0 Å². The first-order valence-corrected chi connectivity index (χ1v) is 4.14. The molecule has 0 amide bonds. The second kappa shape index (κ2) is 4.48. The lowest BCUT2D eigenvalue weighted by molar-refractivity contribution is -0.136. The van der Waals surface area contributed by atoms with E-state index in [0.717, 1.165) is 0 Å². The summed E-state index contributed by atoms with van der Waals surface area (Å²) in [6, 6.07) is 0.640. The second-order valence-corrected chi connectivity index (χ2v) is 3.04. The van der Waals surface area contributed by atoms with Crippen LogP contribution in [0, 0.1) is 5.95 Å². The SMILES string of the molecule is O=C(O)Cc1cc(F)nc(Cl)c1C(F)F. The standard InChI is InChI=1S/C8H5ClF3NO2/c9-7-6(8(11)12)3(2-5(14)15)1-4(10)13-7/h1,8H,2H2,(H,14,15). The maximum Gasteiger partial charge on any atom is 0.307 e. The largest absolute Gasteiger partial charge is 0.481 e. The molecular formula is C8H5ClF3NO2. The van der Waals surface area contributed by atoms with Gasteiger partial charge < -0.3 is 5.11 Å². The minimum atomic E-state index is -2.99. The van der Waals surface area contributed by atoms with E-state index in [1.54, 1.807) is 0 Å². The first kappa shape index (κ1) is 11.8. The molecule has 82 valence electrons. The number of carboxylic acids is 1. The number of aliphatic carboxylic acids is 1. The predicted octanol–water partition coefficient (Wildman–Crippen LogP) is 2.44. The van der Waals surface area contributed by atoms with Gasteiger partial charge in [0.15, 0.2) is 0 Å². The van der Waals surface area contributed by atoms with Gasteiger partial charge in [-0.15, -0.1) is 0 Å². The fourth-order valence-electron chi connectivity index (χ4n) is 1.08. The van der Waals surface area contributed by atoms with Crippen LogP contribution in [0.1, 0.15) is 17.6 Å². The van der Waals surface area contributed by atoms with Crippen molar-refractivity contribution in [2.75, 3.05) is 0 Å². The zero-order chi connectivity index (χ0) is 11.6. The lowest BCUT2D eigenvalue weighted by atomic mass is 10.1. The Morgan fingerprint density at radius 3 is 2.67 bits per heavy atom. The van der Waals surface area contributed by atoms with Crippen LogP contribution in [0.5, 0.6) is 0 Å². The van der Waals surface area contributed by atoms with E-state index < -0.39 is 35.5 Å². The van der Waals surface area contributed by atoms with Crippen LogP contribution in [0.15, 0.2) is 6.07 Å². The Hall–Kier alpha value is -1.30. The minimum Gasteiger partial charge on any atom is -0.481 e. The van der Waals surface area contributed by atoms with Gasteiger partial charge >= 0.3 is 5.97 Å². The number of hydrogen-bond acceptors (Lipinski definition) is 2. The van der Waals surface area contributed by atoms with Crippen LogP contribution in [0.25, 0.3) is 0 Å². The van der Waals surface area contributed by atoms with E-state index in [2.05, 4.69) is 4.98 Å². The smallest absolute Gasteiger partial charge is 0.307 e. The van der Waals surface area contributed by atoms with Gasteiger partial charge in [-0.25, -0.2) is 13.8 Å². The fraction of sp³-hybridized carbons (Fsp3) is 0.250. The van der Waals surface area contributed by atoms with Crippen molar-refractivity contribution in [3.63, 3.8) is 0 Å². The van der Waals surface area contributed by atoms with E-state index in [1.165, 1.54) is 0 Å². The van der Waals surface area contributed by atoms with Crippen LogP contribution in [0.2, 0.25) is 5.15 Å². The molecule has 0 unspecified atom stereocenters. The Kier molecular flexibility index (Phi) is 3.52. The lowest BCUT2D eigenvalue weighted by Gasteiger charge is -2.08. The maximum absolute atomic E-state index is 12.7. The number of aromatic nitrogens is 1. The van der Waals surface area contributed by atoms with Gasteiger partial charge in [-0.2, -0.15) is 4.39 Å². The van der Waals surface area contributed by atoms with Gasteiger partial charge in [0.1, 0.15) is 5.15 Å². The summed E-state index contributed by atoms with van der Waals surface area (Å²) in [6.07, 6.45) is -3.71. The average Bonchev–Trinajstić information content (AvgIpc) is 1.99. The van der Waals surface area contributed by atoms with Gasteiger partial charge in [0.2, 0.25) is 5.95 Å². The van der Waals surface area contributed by atoms with E-state index in [1.807, 2.05) is 0 Å². The summed E-state index contributed by atoms with van der Waals surface area (Å²) in [5.74, 6) is -2.43. The number of rotatable bonds is 3. The first-order valence-electron chi connectivity index (χ1n) is 3.76. The average molecular weight is 240 g/mol. The van der Waals surface area contributed by atoms with Crippen molar-refractivity contribution in [2.45, 2.75) is 12.8 Å². The minimum absolute atomic E-state index is 0.366. The molecule has 0 bridgehead atoms. The molecule has 1 aromatic heterocycles. The highest BCUT2D eigenvalue weighted by Crippen LogP contribution is 2.29. The molecule has 0 saturated carbocycles. The summed E-state index contributed by atoms with van der Waals surface area (Å²) in [5.41, 5.74) is -1.10. The maximum atomic E-state index is 12.7.